The van der Waals surface area contributed by atoms with E-state index < -0.39 is 5.91 Å². The van der Waals surface area contributed by atoms with Gasteiger partial charge in [0.05, 0.1) is 0 Å². The highest BCUT2D eigenvalue weighted by Crippen LogP contribution is 2.26. The summed E-state index contributed by atoms with van der Waals surface area (Å²) in [5.41, 5.74) is 5.31. The van der Waals surface area contributed by atoms with Crippen molar-refractivity contribution in [3.63, 3.8) is 0 Å². The quantitative estimate of drug-likeness (QED) is 0.664. The number of primary amides is 1. The summed E-state index contributed by atoms with van der Waals surface area (Å²) in [6, 6.07) is 0. The summed E-state index contributed by atoms with van der Waals surface area (Å²) in [5.74, 6) is -1.09. The van der Waals surface area contributed by atoms with Gasteiger partial charge in [0, 0.05) is 12.3 Å². The third-order valence-corrected chi connectivity index (χ3v) is 1.76. The van der Waals surface area contributed by atoms with E-state index in [9.17, 15) is 9.18 Å². The first-order valence-corrected chi connectivity index (χ1v) is 3.62. The van der Waals surface area contributed by atoms with Gasteiger partial charge in [-0.2, -0.15) is 0 Å². The minimum atomic E-state index is -0.444. The number of allylic oxidation sites excluding steroid dienone is 5. The van der Waals surface area contributed by atoms with Crippen LogP contribution in [0.25, 0.3) is 0 Å². The van der Waals surface area contributed by atoms with Crippen molar-refractivity contribution in [2.24, 2.45) is 11.7 Å². The van der Waals surface area contributed by atoms with E-state index in [1.807, 2.05) is 0 Å². The molecule has 0 spiro atoms. The van der Waals surface area contributed by atoms with Gasteiger partial charge in [0.25, 0.3) is 0 Å². The Labute approximate surface area is 70.3 Å². The highest BCUT2D eigenvalue weighted by Gasteiger charge is 2.17. The first-order chi connectivity index (χ1) is 5.61. The van der Waals surface area contributed by atoms with E-state index in [1.54, 1.807) is 12.2 Å². The molecule has 2 nitrogen and oxygen atoms in total. The second-order valence-electron chi connectivity index (χ2n) is 2.70. The van der Waals surface area contributed by atoms with E-state index >= 15 is 0 Å². The molecule has 1 aliphatic rings. The summed E-state index contributed by atoms with van der Waals surface area (Å²) in [6.07, 6.45) is 4.73. The summed E-state index contributed by atoms with van der Waals surface area (Å²) in [5, 5.41) is 0. The van der Waals surface area contributed by atoms with Gasteiger partial charge in [-0.1, -0.05) is 18.7 Å². The van der Waals surface area contributed by atoms with E-state index in [0.717, 1.165) is 0 Å². The van der Waals surface area contributed by atoms with Crippen molar-refractivity contribution in [3.8, 4) is 0 Å². The Hall–Kier alpha value is -1.38. The lowest BCUT2D eigenvalue weighted by Gasteiger charge is -2.15. The molecule has 0 heterocycles. The van der Waals surface area contributed by atoms with E-state index in [0.29, 0.717) is 5.57 Å². The second kappa shape index (κ2) is 3.34. The van der Waals surface area contributed by atoms with Crippen LogP contribution in [0, 0.1) is 5.92 Å². The minimum absolute atomic E-state index is 0.122. The second-order valence-corrected chi connectivity index (χ2v) is 2.70. The van der Waals surface area contributed by atoms with E-state index in [4.69, 9.17) is 5.73 Å². The molecule has 2 N–H and O–H groups in total. The summed E-state index contributed by atoms with van der Waals surface area (Å²) in [6.45, 7) is 3.53. The number of hydrogen-bond donors (Lipinski definition) is 1. The van der Waals surface area contributed by atoms with Crippen molar-refractivity contribution in [1.82, 2.24) is 0 Å². The lowest BCUT2D eigenvalue weighted by atomic mass is 9.92. The van der Waals surface area contributed by atoms with Crippen molar-refractivity contribution in [1.29, 1.82) is 0 Å². The molecular formula is C9H10FNO. The molecule has 0 saturated heterocycles. The molecule has 0 aromatic heterocycles. The number of halogens is 1. The smallest absolute Gasteiger partial charge is 0.218 e. The fourth-order valence-corrected chi connectivity index (χ4v) is 1.08. The van der Waals surface area contributed by atoms with Crippen molar-refractivity contribution >= 4 is 5.91 Å². The highest BCUT2D eigenvalue weighted by atomic mass is 19.1. The van der Waals surface area contributed by atoms with Gasteiger partial charge in [0.2, 0.25) is 5.91 Å². The molecule has 1 aliphatic carbocycles. The van der Waals surface area contributed by atoms with Crippen molar-refractivity contribution in [3.05, 3.63) is 36.2 Å². The molecule has 1 unspecified atom stereocenters. The summed E-state index contributed by atoms with van der Waals surface area (Å²) < 4.78 is 12.8. The van der Waals surface area contributed by atoms with Gasteiger partial charge in [0.15, 0.2) is 0 Å². The number of carbonyl (C=O) groups excluding carboxylic acids is 1. The Balaban J connectivity index is 2.70. The average molecular weight is 167 g/mol. The van der Waals surface area contributed by atoms with Gasteiger partial charge in [-0.25, -0.2) is 4.39 Å². The molecule has 0 aromatic carbocycles. The molecule has 1 amide bonds. The maximum absolute atomic E-state index is 12.8. The number of amides is 1. The lowest BCUT2D eigenvalue weighted by molar-refractivity contribution is -0.118. The molecule has 0 aromatic rings. The lowest BCUT2D eigenvalue weighted by Crippen LogP contribution is -2.17. The zero-order valence-electron chi connectivity index (χ0n) is 6.59. The van der Waals surface area contributed by atoms with Gasteiger partial charge >= 0.3 is 0 Å². The zero-order chi connectivity index (χ0) is 9.14. The molecule has 0 bridgehead atoms. The third-order valence-electron chi connectivity index (χ3n) is 1.76. The standard InChI is InChI=1S/C9H10FNO/c1-6-7(5-9(11)12)3-2-4-8(6)10/h2-4,7H,1,5H2,(H2,11,12). The molecule has 0 radical (unpaired) electrons. The first-order valence-electron chi connectivity index (χ1n) is 3.62. The molecule has 64 valence electrons. The normalized spacial score (nSPS) is 22.2. The van der Waals surface area contributed by atoms with Crippen LogP contribution in [0.5, 0.6) is 0 Å². The fourth-order valence-electron chi connectivity index (χ4n) is 1.08. The Morgan fingerprint density at radius 2 is 2.42 bits per heavy atom. The highest BCUT2D eigenvalue weighted by molar-refractivity contribution is 5.75. The molecule has 1 rings (SSSR count). The molecule has 0 fully saturated rings. The van der Waals surface area contributed by atoms with Crippen LogP contribution in [0.2, 0.25) is 0 Å². The van der Waals surface area contributed by atoms with Crippen LogP contribution in [0.1, 0.15) is 6.42 Å². The largest absolute Gasteiger partial charge is 0.370 e. The topological polar surface area (TPSA) is 43.1 Å². The van der Waals surface area contributed by atoms with Crippen LogP contribution in [0.15, 0.2) is 36.2 Å². The zero-order valence-corrected chi connectivity index (χ0v) is 6.59. The van der Waals surface area contributed by atoms with Gasteiger partial charge < -0.3 is 5.73 Å². The van der Waals surface area contributed by atoms with Crippen molar-refractivity contribution in [2.75, 3.05) is 0 Å². The van der Waals surface area contributed by atoms with Gasteiger partial charge in [-0.3, -0.25) is 4.79 Å². The molecule has 0 saturated carbocycles. The van der Waals surface area contributed by atoms with Crippen LogP contribution in [0.4, 0.5) is 4.39 Å². The first kappa shape index (κ1) is 8.71. The summed E-state index contributed by atoms with van der Waals surface area (Å²) in [4.78, 5) is 10.5. The summed E-state index contributed by atoms with van der Waals surface area (Å²) >= 11 is 0. The molecule has 1 atom stereocenters. The fraction of sp³-hybridized carbons (Fsp3) is 0.222. The van der Waals surface area contributed by atoms with Crippen LogP contribution < -0.4 is 5.73 Å². The number of rotatable bonds is 2. The van der Waals surface area contributed by atoms with Gasteiger partial charge in [0.1, 0.15) is 5.83 Å². The Bertz CT molecular complexity index is 278. The number of hydrogen-bond acceptors (Lipinski definition) is 1. The molecule has 12 heavy (non-hydrogen) atoms. The van der Waals surface area contributed by atoms with Gasteiger partial charge in [-0.15, -0.1) is 0 Å². The van der Waals surface area contributed by atoms with E-state index in [-0.39, 0.29) is 18.2 Å². The van der Waals surface area contributed by atoms with E-state index in [2.05, 4.69) is 6.58 Å². The van der Waals surface area contributed by atoms with Crippen LogP contribution in [-0.2, 0) is 4.79 Å². The van der Waals surface area contributed by atoms with Crippen LogP contribution >= 0.6 is 0 Å². The van der Waals surface area contributed by atoms with Crippen molar-refractivity contribution in [2.45, 2.75) is 6.42 Å². The maximum Gasteiger partial charge on any atom is 0.218 e. The molecule has 3 heteroatoms. The minimum Gasteiger partial charge on any atom is -0.370 e. The molecule has 0 aliphatic heterocycles. The van der Waals surface area contributed by atoms with E-state index in [1.165, 1.54) is 6.08 Å². The number of nitrogens with two attached hydrogens (primary N) is 1. The Morgan fingerprint density at radius 3 is 3.00 bits per heavy atom. The Morgan fingerprint density at radius 1 is 1.75 bits per heavy atom. The summed E-state index contributed by atoms with van der Waals surface area (Å²) in [7, 11) is 0. The van der Waals surface area contributed by atoms with Gasteiger partial charge in [-0.05, 0) is 11.6 Å². The average Bonchev–Trinajstić information content (AvgIpc) is 1.98. The van der Waals surface area contributed by atoms with Crippen molar-refractivity contribution < 1.29 is 9.18 Å². The Kier molecular flexibility index (Phi) is 2.43. The van der Waals surface area contributed by atoms with Crippen LogP contribution in [0.3, 0.4) is 0 Å². The third kappa shape index (κ3) is 1.81. The number of carbonyl (C=O) groups is 1. The maximum atomic E-state index is 12.8. The molecular weight excluding hydrogens is 157 g/mol. The predicted molar refractivity (Wildman–Crippen MR) is 44.8 cm³/mol. The van der Waals surface area contributed by atoms with Crippen LogP contribution in [-0.4, -0.2) is 5.91 Å². The monoisotopic (exact) mass is 167 g/mol. The predicted octanol–water partition coefficient (Wildman–Crippen LogP) is 1.46. The SMILES string of the molecule is C=C1C(F)=CC=CC1CC(N)=O.